The van der Waals surface area contributed by atoms with Crippen LogP contribution < -0.4 is 21.6 Å². The van der Waals surface area contributed by atoms with Crippen LogP contribution in [-0.2, 0) is 0 Å². The van der Waals surface area contributed by atoms with E-state index in [0.717, 1.165) is 49.3 Å². The molecule has 0 aliphatic carbocycles. The highest BCUT2D eigenvalue weighted by Gasteiger charge is 2.32. The van der Waals surface area contributed by atoms with E-state index in [1.54, 1.807) is 6.07 Å². The molecule has 4 aromatic rings. The fraction of sp³-hybridized carbons (Fsp3) is 0.294. The van der Waals surface area contributed by atoms with Gasteiger partial charge in [-0.2, -0.15) is 5.26 Å². The van der Waals surface area contributed by atoms with Gasteiger partial charge in [0.05, 0.1) is 33.5 Å². The summed E-state index contributed by atoms with van der Waals surface area (Å²) in [7, 11) is 0. The molecule has 1 saturated heterocycles. The molecule has 0 amide bonds. The maximum absolute atomic E-state index is 14.0. The molecule has 2 aliphatic rings. The van der Waals surface area contributed by atoms with Crippen molar-refractivity contribution in [3.63, 3.8) is 0 Å². The van der Waals surface area contributed by atoms with Crippen LogP contribution in [-0.4, -0.2) is 39.6 Å². The number of piperidine rings is 1. The Hall–Kier alpha value is -4.14. The number of hydrogen-bond acceptors (Lipinski definition) is 8. The summed E-state index contributed by atoms with van der Waals surface area (Å²) in [6, 6.07) is 16.8. The SMILES string of the molecule is CC(C)(C)N1CCC(N2C=C([C@@H](Nc3cc(Cl)c4ncc(C#N)c(Nc5ccc(F)c(F)c5)c4c3)c3ccc(Cl)cc3)NN2)CC1. The van der Waals surface area contributed by atoms with Gasteiger partial charge in [-0.3, -0.25) is 14.9 Å². The fourth-order valence-electron chi connectivity index (χ4n) is 5.94. The largest absolute Gasteiger partial charge is 0.373 e. The molecule has 0 spiro atoms. The van der Waals surface area contributed by atoms with Crippen LogP contribution >= 0.6 is 23.2 Å². The molecule has 0 bridgehead atoms. The van der Waals surface area contributed by atoms with E-state index < -0.39 is 11.6 Å². The molecular weight excluding hydrogens is 629 g/mol. The second-order valence-electron chi connectivity index (χ2n) is 12.5. The van der Waals surface area contributed by atoms with Crippen molar-refractivity contribution in [1.82, 2.24) is 25.9 Å². The van der Waals surface area contributed by atoms with Crippen LogP contribution in [0.2, 0.25) is 10.0 Å². The second kappa shape index (κ2) is 12.9. The zero-order chi connectivity index (χ0) is 32.6. The van der Waals surface area contributed by atoms with Crippen LogP contribution in [0, 0.1) is 23.0 Å². The van der Waals surface area contributed by atoms with E-state index in [9.17, 15) is 14.0 Å². The van der Waals surface area contributed by atoms with Crippen molar-refractivity contribution in [3.05, 3.63) is 105 Å². The number of halogens is 4. The molecule has 6 rings (SSSR count). The van der Waals surface area contributed by atoms with E-state index in [4.69, 9.17) is 23.2 Å². The number of nitrogens with one attached hydrogen (secondary N) is 4. The van der Waals surface area contributed by atoms with E-state index in [2.05, 4.69) is 69.5 Å². The van der Waals surface area contributed by atoms with Gasteiger partial charge >= 0.3 is 0 Å². The zero-order valence-electron chi connectivity index (χ0n) is 25.6. The van der Waals surface area contributed by atoms with E-state index in [1.807, 2.05) is 30.3 Å². The number of rotatable bonds is 7. The van der Waals surface area contributed by atoms with Crippen molar-refractivity contribution < 1.29 is 8.78 Å². The Kier molecular flexibility index (Phi) is 8.95. The molecule has 1 fully saturated rings. The number of nitrogens with zero attached hydrogens (tertiary/aromatic N) is 4. The van der Waals surface area contributed by atoms with Gasteiger partial charge in [0.2, 0.25) is 0 Å². The van der Waals surface area contributed by atoms with Gasteiger partial charge in [-0.05, 0) is 75.6 Å². The Morgan fingerprint density at radius 2 is 1.74 bits per heavy atom. The third-order valence-electron chi connectivity index (χ3n) is 8.47. The van der Waals surface area contributed by atoms with Crippen molar-refractivity contribution in [1.29, 1.82) is 5.26 Å². The Morgan fingerprint density at radius 3 is 2.41 bits per heavy atom. The molecule has 46 heavy (non-hydrogen) atoms. The van der Waals surface area contributed by atoms with Gasteiger partial charge in [-0.1, -0.05) is 35.3 Å². The number of aromatic nitrogens is 1. The number of hydrazine groups is 2. The minimum atomic E-state index is -1.01. The van der Waals surface area contributed by atoms with Crippen LogP contribution in [0.5, 0.6) is 0 Å². The van der Waals surface area contributed by atoms with Gasteiger partial charge in [0.1, 0.15) is 6.07 Å². The summed E-state index contributed by atoms with van der Waals surface area (Å²) < 4.78 is 27.7. The summed E-state index contributed by atoms with van der Waals surface area (Å²) in [5.74, 6) is -1.97. The van der Waals surface area contributed by atoms with Crippen molar-refractivity contribution >= 4 is 51.2 Å². The van der Waals surface area contributed by atoms with Gasteiger partial charge < -0.3 is 16.1 Å². The van der Waals surface area contributed by atoms with Crippen LogP contribution in [0.4, 0.5) is 25.8 Å². The third-order valence-corrected chi connectivity index (χ3v) is 9.01. The van der Waals surface area contributed by atoms with Crippen molar-refractivity contribution in [2.75, 3.05) is 23.7 Å². The number of nitriles is 1. The lowest BCUT2D eigenvalue weighted by Crippen LogP contribution is -2.52. The standard InChI is InChI=1S/C34H34Cl2F2N8/c1-34(2,3)45-12-10-25(11-13-45)46-19-30(43-44-46)32(20-4-6-22(35)7-5-20)42-24-14-26-31(41-23-8-9-28(37)29(38)16-23)21(17-39)18-40-33(26)27(36)15-24/h4-9,14-16,18-19,25,32,42-44H,10-13H2,1-3H3,(H,40,41)/t32-/m0/s1. The first kappa shape index (κ1) is 31.8. The molecule has 4 N–H and O–H groups in total. The first-order valence-corrected chi connectivity index (χ1v) is 15.8. The number of pyridine rings is 1. The molecule has 3 heterocycles. The lowest BCUT2D eigenvalue weighted by molar-refractivity contribution is 0.0570. The second-order valence-corrected chi connectivity index (χ2v) is 13.4. The van der Waals surface area contributed by atoms with Crippen LogP contribution in [0.15, 0.2) is 72.7 Å². The molecule has 1 atom stereocenters. The predicted octanol–water partition coefficient (Wildman–Crippen LogP) is 8.02. The highest BCUT2D eigenvalue weighted by Crippen LogP contribution is 2.37. The lowest BCUT2D eigenvalue weighted by atomic mass is 9.98. The maximum Gasteiger partial charge on any atom is 0.160 e. The molecule has 12 heteroatoms. The third kappa shape index (κ3) is 6.69. The van der Waals surface area contributed by atoms with Gasteiger partial charge in [0.25, 0.3) is 0 Å². The van der Waals surface area contributed by atoms with Crippen LogP contribution in [0.1, 0.15) is 50.8 Å². The van der Waals surface area contributed by atoms with Gasteiger partial charge in [-0.25, -0.2) is 8.78 Å². The summed E-state index contributed by atoms with van der Waals surface area (Å²) >= 11 is 13.0. The first-order valence-electron chi connectivity index (χ1n) is 15.0. The van der Waals surface area contributed by atoms with E-state index >= 15 is 0 Å². The number of fused-ring (bicyclic) bond motifs is 1. The summed E-state index contributed by atoms with van der Waals surface area (Å²) in [6.45, 7) is 8.79. The van der Waals surface area contributed by atoms with Crippen molar-refractivity contribution in [3.8, 4) is 6.07 Å². The van der Waals surface area contributed by atoms with Crippen molar-refractivity contribution in [2.45, 2.75) is 51.2 Å². The number of likely N-dealkylation sites (tertiary alicyclic amines) is 1. The average Bonchev–Trinajstić information content (AvgIpc) is 3.52. The molecule has 0 radical (unpaired) electrons. The monoisotopic (exact) mass is 662 g/mol. The Balaban J connectivity index is 1.34. The van der Waals surface area contributed by atoms with Crippen LogP contribution in [0.3, 0.4) is 0 Å². The summed E-state index contributed by atoms with van der Waals surface area (Å²) in [6.07, 6.45) is 5.55. The molecule has 2 aliphatic heterocycles. The van der Waals surface area contributed by atoms with Gasteiger partial charge in [0.15, 0.2) is 11.6 Å². The highest BCUT2D eigenvalue weighted by atomic mass is 35.5. The summed E-state index contributed by atoms with van der Waals surface area (Å²) in [4.78, 5) is 6.93. The van der Waals surface area contributed by atoms with Crippen molar-refractivity contribution in [2.24, 2.45) is 0 Å². The topological polar surface area (TPSA) is 91.3 Å². The van der Waals surface area contributed by atoms with E-state index in [1.165, 1.54) is 12.3 Å². The lowest BCUT2D eigenvalue weighted by Gasteiger charge is -2.42. The quantitative estimate of drug-likeness (QED) is 0.158. The molecule has 0 unspecified atom stereocenters. The first-order chi connectivity index (χ1) is 22.0. The van der Waals surface area contributed by atoms with Gasteiger partial charge in [-0.15, -0.1) is 5.53 Å². The molecule has 238 valence electrons. The Morgan fingerprint density at radius 1 is 1.00 bits per heavy atom. The zero-order valence-corrected chi connectivity index (χ0v) is 27.1. The average molecular weight is 664 g/mol. The molecule has 1 aromatic heterocycles. The van der Waals surface area contributed by atoms with E-state index in [-0.39, 0.29) is 22.8 Å². The van der Waals surface area contributed by atoms with Crippen LogP contribution in [0.25, 0.3) is 10.9 Å². The Labute approximate surface area is 276 Å². The smallest absolute Gasteiger partial charge is 0.160 e. The molecule has 0 saturated carbocycles. The number of benzene rings is 3. The Bertz CT molecular complexity index is 1830. The van der Waals surface area contributed by atoms with E-state index in [0.29, 0.717) is 38.4 Å². The predicted molar refractivity (Wildman–Crippen MR) is 179 cm³/mol. The summed E-state index contributed by atoms with van der Waals surface area (Å²) in [5, 5.41) is 20.2. The molecule has 3 aromatic carbocycles. The molecule has 8 nitrogen and oxygen atoms in total. The number of anilines is 3. The van der Waals surface area contributed by atoms with Gasteiger partial charge in [0, 0.05) is 64.9 Å². The summed E-state index contributed by atoms with van der Waals surface area (Å²) in [5.41, 5.74) is 10.7. The maximum atomic E-state index is 14.0. The highest BCUT2D eigenvalue weighted by molar-refractivity contribution is 6.36. The minimum Gasteiger partial charge on any atom is -0.373 e. The fourth-order valence-corrected chi connectivity index (χ4v) is 6.34. The molecular formula is C34H34Cl2F2N8. The normalized spacial score (nSPS) is 16.6. The minimum absolute atomic E-state index is 0.140. The number of hydrogen-bond donors (Lipinski definition) is 4.